The lowest BCUT2D eigenvalue weighted by Gasteiger charge is -2.05. The minimum atomic E-state index is -0.780. The summed E-state index contributed by atoms with van der Waals surface area (Å²) in [5.74, 6) is 0. The maximum Gasteiger partial charge on any atom is 0.174 e. The number of aryl methyl sites for hydroxylation is 1. The Kier molecular flexibility index (Phi) is 4.79. The van der Waals surface area contributed by atoms with Crippen LogP contribution in [0.5, 0.6) is 0 Å². The minimum absolute atomic E-state index is 0.296. The van der Waals surface area contributed by atoms with E-state index in [0.29, 0.717) is 13.2 Å². The molecule has 1 N–H and O–H groups in total. The molecule has 78 valence electrons. The first-order chi connectivity index (χ1) is 6.72. The summed E-state index contributed by atoms with van der Waals surface area (Å²) in [6.45, 7) is 4.69. The van der Waals surface area contributed by atoms with Crippen molar-refractivity contribution in [2.75, 3.05) is 13.2 Å². The van der Waals surface area contributed by atoms with Crippen molar-refractivity contribution >= 4 is 17.6 Å². The fraction of sp³-hybridized carbons (Fsp3) is 0.500. The van der Waals surface area contributed by atoms with E-state index in [1.165, 1.54) is 5.56 Å². The topological polar surface area (TPSA) is 41.8 Å². The molecule has 0 radical (unpaired) electrons. The van der Waals surface area contributed by atoms with E-state index in [4.69, 9.17) is 4.74 Å². The van der Waals surface area contributed by atoms with Gasteiger partial charge < -0.3 is 9.84 Å². The van der Waals surface area contributed by atoms with Crippen LogP contribution in [0.4, 0.5) is 0 Å². The van der Waals surface area contributed by atoms with E-state index in [9.17, 15) is 5.11 Å². The zero-order chi connectivity index (χ0) is 10.4. The molecule has 0 aromatic carbocycles. The van der Waals surface area contributed by atoms with Crippen LogP contribution in [0.25, 0.3) is 0 Å². The molecule has 1 aromatic heterocycles. The molecule has 1 rings (SSSR count). The molecule has 0 fully saturated rings. The van der Waals surface area contributed by atoms with Gasteiger partial charge in [-0.15, -0.1) is 11.3 Å². The van der Waals surface area contributed by atoms with Gasteiger partial charge in [-0.3, -0.25) is 4.99 Å². The Morgan fingerprint density at radius 2 is 2.50 bits per heavy atom. The van der Waals surface area contributed by atoms with Gasteiger partial charge in [-0.2, -0.15) is 0 Å². The van der Waals surface area contributed by atoms with Crippen LogP contribution in [-0.2, 0) is 4.74 Å². The van der Waals surface area contributed by atoms with E-state index in [1.807, 2.05) is 13.8 Å². The summed E-state index contributed by atoms with van der Waals surface area (Å²) >= 11 is 1.64. The van der Waals surface area contributed by atoms with E-state index >= 15 is 0 Å². The summed E-state index contributed by atoms with van der Waals surface area (Å²) < 4.78 is 4.93. The highest BCUT2D eigenvalue weighted by molar-refractivity contribution is 7.11. The Morgan fingerprint density at radius 3 is 3.07 bits per heavy atom. The number of aliphatic imine (C=N–C) groups is 1. The second-order valence-electron chi connectivity index (χ2n) is 2.93. The SMILES string of the molecule is CCOC(O)C/N=C\c1cc(C)cs1. The van der Waals surface area contributed by atoms with Gasteiger partial charge in [0.2, 0.25) is 0 Å². The highest BCUT2D eigenvalue weighted by Crippen LogP contribution is 2.10. The first kappa shape index (κ1) is 11.4. The minimum Gasteiger partial charge on any atom is -0.366 e. The molecule has 0 saturated heterocycles. The van der Waals surface area contributed by atoms with E-state index < -0.39 is 6.29 Å². The van der Waals surface area contributed by atoms with Gasteiger partial charge in [0.25, 0.3) is 0 Å². The number of thiophene rings is 1. The molecular formula is C10H15NO2S. The molecule has 0 aliphatic carbocycles. The Morgan fingerprint density at radius 1 is 1.71 bits per heavy atom. The fourth-order valence-corrected chi connectivity index (χ4v) is 1.78. The first-order valence-electron chi connectivity index (χ1n) is 4.57. The predicted molar refractivity (Wildman–Crippen MR) is 59.1 cm³/mol. The molecule has 3 nitrogen and oxygen atoms in total. The van der Waals surface area contributed by atoms with Gasteiger partial charge in [0.05, 0.1) is 6.54 Å². The summed E-state index contributed by atoms with van der Waals surface area (Å²) in [7, 11) is 0. The number of rotatable bonds is 5. The van der Waals surface area contributed by atoms with Crippen LogP contribution >= 0.6 is 11.3 Å². The van der Waals surface area contributed by atoms with Gasteiger partial charge in [0.15, 0.2) is 6.29 Å². The average molecular weight is 213 g/mol. The van der Waals surface area contributed by atoms with Crippen LogP contribution < -0.4 is 0 Å². The van der Waals surface area contributed by atoms with Crippen molar-refractivity contribution in [1.82, 2.24) is 0 Å². The molecule has 1 heterocycles. The van der Waals surface area contributed by atoms with Gasteiger partial charge >= 0.3 is 0 Å². The zero-order valence-corrected chi connectivity index (χ0v) is 9.25. The number of ether oxygens (including phenoxy) is 1. The predicted octanol–water partition coefficient (Wildman–Crippen LogP) is 1.83. The number of hydrogen-bond acceptors (Lipinski definition) is 4. The van der Waals surface area contributed by atoms with Crippen molar-refractivity contribution in [3.05, 3.63) is 21.9 Å². The second-order valence-corrected chi connectivity index (χ2v) is 3.87. The summed E-state index contributed by atoms with van der Waals surface area (Å²) in [5.41, 5.74) is 1.24. The Bertz CT molecular complexity index is 296. The van der Waals surface area contributed by atoms with Crippen LogP contribution in [-0.4, -0.2) is 30.8 Å². The van der Waals surface area contributed by atoms with Crippen molar-refractivity contribution in [1.29, 1.82) is 0 Å². The van der Waals surface area contributed by atoms with E-state index in [2.05, 4.69) is 16.4 Å². The number of aliphatic hydroxyl groups excluding tert-OH is 1. The summed E-state index contributed by atoms with van der Waals surface area (Å²) in [5, 5.41) is 11.3. The van der Waals surface area contributed by atoms with Gasteiger partial charge in [0.1, 0.15) is 0 Å². The highest BCUT2D eigenvalue weighted by atomic mass is 32.1. The van der Waals surface area contributed by atoms with Gasteiger partial charge in [-0.25, -0.2) is 0 Å². The monoisotopic (exact) mass is 213 g/mol. The largest absolute Gasteiger partial charge is 0.366 e. The molecule has 4 heteroatoms. The van der Waals surface area contributed by atoms with Crippen LogP contribution in [0.15, 0.2) is 16.4 Å². The third-order valence-electron chi connectivity index (χ3n) is 1.59. The molecule has 0 bridgehead atoms. The zero-order valence-electron chi connectivity index (χ0n) is 8.43. The van der Waals surface area contributed by atoms with Crippen molar-refractivity contribution in [3.63, 3.8) is 0 Å². The third kappa shape index (κ3) is 4.00. The standard InChI is InChI=1S/C10H15NO2S/c1-3-13-10(12)6-11-5-9-4-8(2)7-14-9/h4-5,7,10,12H,3,6H2,1-2H3/b11-5-. The summed E-state index contributed by atoms with van der Waals surface area (Å²) in [6.07, 6.45) is 0.984. The lowest BCUT2D eigenvalue weighted by Crippen LogP contribution is -2.15. The molecule has 14 heavy (non-hydrogen) atoms. The molecule has 1 atom stereocenters. The van der Waals surface area contributed by atoms with Gasteiger partial charge in [0, 0.05) is 17.7 Å². The van der Waals surface area contributed by atoms with Crippen molar-refractivity contribution in [2.45, 2.75) is 20.1 Å². The van der Waals surface area contributed by atoms with Crippen LogP contribution in [0.1, 0.15) is 17.4 Å². The molecule has 0 amide bonds. The Hall–Kier alpha value is -0.710. The summed E-state index contributed by atoms with van der Waals surface area (Å²) in [6, 6.07) is 2.06. The number of nitrogens with zero attached hydrogens (tertiary/aromatic N) is 1. The van der Waals surface area contributed by atoms with E-state index in [1.54, 1.807) is 17.6 Å². The quantitative estimate of drug-likeness (QED) is 0.599. The smallest absolute Gasteiger partial charge is 0.174 e. The number of hydrogen-bond donors (Lipinski definition) is 1. The van der Waals surface area contributed by atoms with E-state index in [-0.39, 0.29) is 0 Å². The van der Waals surface area contributed by atoms with Crippen LogP contribution in [0.3, 0.4) is 0 Å². The van der Waals surface area contributed by atoms with Crippen LogP contribution in [0.2, 0.25) is 0 Å². The fourth-order valence-electron chi connectivity index (χ4n) is 0.999. The van der Waals surface area contributed by atoms with Crippen molar-refractivity contribution in [3.8, 4) is 0 Å². The third-order valence-corrected chi connectivity index (χ3v) is 2.58. The lowest BCUT2D eigenvalue weighted by atomic mass is 10.3. The normalized spacial score (nSPS) is 13.6. The summed E-state index contributed by atoms with van der Waals surface area (Å²) in [4.78, 5) is 5.19. The molecule has 0 aliphatic rings. The lowest BCUT2D eigenvalue weighted by molar-refractivity contribution is -0.0860. The average Bonchev–Trinajstić information content (AvgIpc) is 2.52. The molecule has 0 saturated carbocycles. The maximum atomic E-state index is 9.20. The molecule has 1 unspecified atom stereocenters. The molecule has 1 aromatic rings. The number of aliphatic hydroxyl groups is 1. The molecule has 0 spiro atoms. The first-order valence-corrected chi connectivity index (χ1v) is 5.45. The maximum absolute atomic E-state index is 9.20. The van der Waals surface area contributed by atoms with Crippen molar-refractivity contribution < 1.29 is 9.84 Å². The van der Waals surface area contributed by atoms with Gasteiger partial charge in [-0.05, 0) is 30.9 Å². The van der Waals surface area contributed by atoms with Crippen LogP contribution in [0, 0.1) is 6.92 Å². The highest BCUT2D eigenvalue weighted by Gasteiger charge is 1.99. The Labute approximate surface area is 88.1 Å². The van der Waals surface area contributed by atoms with E-state index in [0.717, 1.165) is 4.88 Å². The Balaban J connectivity index is 2.33. The van der Waals surface area contributed by atoms with Crippen molar-refractivity contribution in [2.24, 2.45) is 4.99 Å². The molecular weight excluding hydrogens is 198 g/mol. The molecule has 0 aliphatic heterocycles. The second kappa shape index (κ2) is 5.90. The van der Waals surface area contributed by atoms with Gasteiger partial charge in [-0.1, -0.05) is 0 Å².